The van der Waals surface area contributed by atoms with Gasteiger partial charge in [-0.1, -0.05) is 36.4 Å². The van der Waals surface area contributed by atoms with E-state index in [-0.39, 0.29) is 6.10 Å². The third-order valence-corrected chi connectivity index (χ3v) is 3.31. The number of aryl methyl sites for hydroxylation is 1. The molecule has 0 aliphatic carbocycles. The van der Waals surface area contributed by atoms with Crippen molar-refractivity contribution in [1.29, 1.82) is 0 Å². The standard InChI is InChI=1S/C18H22O3/c1-14(19)10-11-15-6-5-7-16(12-15)13-21-18-9-4-3-8-17(18)20-2/h3-9,12,14,19H,10-11,13H2,1-2H3. The molecule has 3 heteroatoms. The quantitative estimate of drug-likeness (QED) is 0.845. The van der Waals surface area contributed by atoms with E-state index in [0.29, 0.717) is 6.61 Å². The molecular formula is C18H22O3. The summed E-state index contributed by atoms with van der Waals surface area (Å²) in [7, 11) is 1.64. The van der Waals surface area contributed by atoms with Gasteiger partial charge < -0.3 is 14.6 Å². The van der Waals surface area contributed by atoms with Gasteiger partial charge in [0.15, 0.2) is 11.5 Å². The molecule has 0 bridgehead atoms. The summed E-state index contributed by atoms with van der Waals surface area (Å²) in [5, 5.41) is 9.35. The van der Waals surface area contributed by atoms with Gasteiger partial charge in [0.05, 0.1) is 13.2 Å². The zero-order valence-electron chi connectivity index (χ0n) is 12.6. The van der Waals surface area contributed by atoms with Crippen molar-refractivity contribution in [3.05, 3.63) is 59.7 Å². The minimum atomic E-state index is -0.265. The Morgan fingerprint density at radius 3 is 2.43 bits per heavy atom. The third kappa shape index (κ3) is 4.80. The van der Waals surface area contributed by atoms with Gasteiger partial charge in [0, 0.05) is 0 Å². The number of aliphatic hydroxyl groups excluding tert-OH is 1. The predicted molar refractivity (Wildman–Crippen MR) is 83.8 cm³/mol. The minimum absolute atomic E-state index is 0.265. The molecule has 0 aromatic heterocycles. The summed E-state index contributed by atoms with van der Waals surface area (Å²) in [6, 6.07) is 15.9. The topological polar surface area (TPSA) is 38.7 Å². The molecule has 0 fully saturated rings. The van der Waals surface area contributed by atoms with Crippen LogP contribution in [0.1, 0.15) is 24.5 Å². The fourth-order valence-electron chi connectivity index (χ4n) is 2.15. The Morgan fingerprint density at radius 1 is 1.00 bits per heavy atom. The maximum atomic E-state index is 9.35. The summed E-state index contributed by atoms with van der Waals surface area (Å²) in [5.41, 5.74) is 2.33. The molecule has 1 N–H and O–H groups in total. The van der Waals surface area contributed by atoms with E-state index in [1.165, 1.54) is 5.56 Å². The van der Waals surface area contributed by atoms with E-state index in [2.05, 4.69) is 12.1 Å². The zero-order valence-corrected chi connectivity index (χ0v) is 12.6. The normalized spacial score (nSPS) is 12.0. The first-order chi connectivity index (χ1) is 10.2. The second-order valence-corrected chi connectivity index (χ2v) is 5.15. The fourth-order valence-corrected chi connectivity index (χ4v) is 2.15. The van der Waals surface area contributed by atoms with Crippen molar-refractivity contribution >= 4 is 0 Å². The van der Waals surface area contributed by atoms with Gasteiger partial charge >= 0.3 is 0 Å². The summed E-state index contributed by atoms with van der Waals surface area (Å²) in [4.78, 5) is 0. The molecule has 1 atom stereocenters. The van der Waals surface area contributed by atoms with E-state index in [4.69, 9.17) is 9.47 Å². The van der Waals surface area contributed by atoms with Crippen LogP contribution >= 0.6 is 0 Å². The van der Waals surface area contributed by atoms with Crippen molar-refractivity contribution < 1.29 is 14.6 Å². The van der Waals surface area contributed by atoms with Gasteiger partial charge in [0.2, 0.25) is 0 Å². The van der Waals surface area contributed by atoms with Gasteiger partial charge in [-0.2, -0.15) is 0 Å². The molecule has 0 saturated heterocycles. The van der Waals surface area contributed by atoms with Crippen molar-refractivity contribution in [3.63, 3.8) is 0 Å². The van der Waals surface area contributed by atoms with Crippen LogP contribution in [-0.4, -0.2) is 18.3 Å². The lowest BCUT2D eigenvalue weighted by Crippen LogP contribution is -2.02. The lowest BCUT2D eigenvalue weighted by Gasteiger charge is -2.11. The van der Waals surface area contributed by atoms with E-state index in [0.717, 1.165) is 29.9 Å². The van der Waals surface area contributed by atoms with Gasteiger partial charge in [-0.3, -0.25) is 0 Å². The molecule has 3 nitrogen and oxygen atoms in total. The van der Waals surface area contributed by atoms with Gasteiger partial charge in [0.1, 0.15) is 6.61 Å². The van der Waals surface area contributed by atoms with Crippen molar-refractivity contribution in [2.75, 3.05) is 7.11 Å². The van der Waals surface area contributed by atoms with E-state index in [1.807, 2.05) is 43.3 Å². The summed E-state index contributed by atoms with van der Waals surface area (Å²) < 4.78 is 11.1. The second kappa shape index (κ2) is 7.70. The van der Waals surface area contributed by atoms with Gasteiger partial charge in [0.25, 0.3) is 0 Å². The molecule has 0 heterocycles. The van der Waals surface area contributed by atoms with Crippen LogP contribution in [0.3, 0.4) is 0 Å². The van der Waals surface area contributed by atoms with Crippen LogP contribution in [0.15, 0.2) is 48.5 Å². The molecular weight excluding hydrogens is 264 g/mol. The molecule has 0 radical (unpaired) electrons. The lowest BCUT2D eigenvalue weighted by atomic mass is 10.1. The van der Waals surface area contributed by atoms with E-state index < -0.39 is 0 Å². The summed E-state index contributed by atoms with van der Waals surface area (Å²) in [5.74, 6) is 1.48. The molecule has 2 rings (SSSR count). The average molecular weight is 286 g/mol. The Kier molecular flexibility index (Phi) is 5.64. The van der Waals surface area contributed by atoms with Gasteiger partial charge in [-0.25, -0.2) is 0 Å². The third-order valence-electron chi connectivity index (χ3n) is 3.31. The highest BCUT2D eigenvalue weighted by Gasteiger charge is 2.04. The number of aliphatic hydroxyl groups is 1. The van der Waals surface area contributed by atoms with Gasteiger partial charge in [-0.15, -0.1) is 0 Å². The van der Waals surface area contributed by atoms with Crippen LogP contribution in [0.4, 0.5) is 0 Å². The van der Waals surface area contributed by atoms with Crippen LogP contribution in [0, 0.1) is 0 Å². The van der Waals surface area contributed by atoms with E-state index >= 15 is 0 Å². The second-order valence-electron chi connectivity index (χ2n) is 5.15. The predicted octanol–water partition coefficient (Wildman–Crippen LogP) is 3.59. The average Bonchev–Trinajstić information content (AvgIpc) is 2.51. The first-order valence-electron chi connectivity index (χ1n) is 7.20. The number of ether oxygens (including phenoxy) is 2. The number of hydrogen-bond acceptors (Lipinski definition) is 3. The first kappa shape index (κ1) is 15.4. The number of methoxy groups -OCH3 is 1. The molecule has 1 unspecified atom stereocenters. The lowest BCUT2D eigenvalue weighted by molar-refractivity contribution is 0.185. The summed E-state index contributed by atoms with van der Waals surface area (Å²) in [6.45, 7) is 2.32. The first-order valence-corrected chi connectivity index (χ1v) is 7.20. The minimum Gasteiger partial charge on any atom is -0.493 e. The van der Waals surface area contributed by atoms with E-state index in [1.54, 1.807) is 7.11 Å². The maximum Gasteiger partial charge on any atom is 0.161 e. The molecule has 0 amide bonds. The molecule has 21 heavy (non-hydrogen) atoms. The van der Waals surface area contributed by atoms with Gasteiger partial charge in [-0.05, 0) is 43.0 Å². The molecule has 0 aliphatic rings. The number of rotatable bonds is 7. The summed E-state index contributed by atoms with van der Waals surface area (Å²) >= 11 is 0. The zero-order chi connectivity index (χ0) is 15.1. The monoisotopic (exact) mass is 286 g/mol. The largest absolute Gasteiger partial charge is 0.493 e. The molecule has 2 aromatic rings. The van der Waals surface area contributed by atoms with Crippen molar-refractivity contribution in [3.8, 4) is 11.5 Å². The fraction of sp³-hybridized carbons (Fsp3) is 0.333. The Hall–Kier alpha value is -2.00. The highest BCUT2D eigenvalue weighted by molar-refractivity contribution is 5.39. The van der Waals surface area contributed by atoms with Crippen molar-refractivity contribution in [2.24, 2.45) is 0 Å². The molecule has 112 valence electrons. The van der Waals surface area contributed by atoms with Crippen LogP contribution in [0.5, 0.6) is 11.5 Å². The Balaban J connectivity index is 1.98. The Bertz CT molecular complexity index is 564. The summed E-state index contributed by atoms with van der Waals surface area (Å²) in [6.07, 6.45) is 1.38. The highest BCUT2D eigenvalue weighted by Crippen LogP contribution is 2.26. The Morgan fingerprint density at radius 2 is 1.71 bits per heavy atom. The molecule has 0 saturated carbocycles. The number of hydrogen-bond donors (Lipinski definition) is 1. The van der Waals surface area contributed by atoms with E-state index in [9.17, 15) is 5.11 Å². The molecule has 0 spiro atoms. The van der Waals surface area contributed by atoms with Crippen LogP contribution in [0.25, 0.3) is 0 Å². The van der Waals surface area contributed by atoms with Crippen molar-refractivity contribution in [1.82, 2.24) is 0 Å². The molecule has 0 aliphatic heterocycles. The van der Waals surface area contributed by atoms with Crippen LogP contribution < -0.4 is 9.47 Å². The van der Waals surface area contributed by atoms with Crippen LogP contribution in [-0.2, 0) is 13.0 Å². The smallest absolute Gasteiger partial charge is 0.161 e. The highest BCUT2D eigenvalue weighted by atomic mass is 16.5. The number of benzene rings is 2. The maximum absolute atomic E-state index is 9.35. The van der Waals surface area contributed by atoms with Crippen molar-refractivity contribution in [2.45, 2.75) is 32.5 Å². The van der Waals surface area contributed by atoms with Crippen LogP contribution in [0.2, 0.25) is 0 Å². The molecule has 2 aromatic carbocycles. The number of para-hydroxylation sites is 2. The Labute approximate surface area is 126 Å². The SMILES string of the molecule is COc1ccccc1OCc1cccc(CCC(C)O)c1.